The molecular formula is C50H40BN3. The number of aromatic nitrogens is 3. The SMILES string of the molecule is Cc1cccc2c1c1nc3cc4ccccc4c4c3n1c1c3c(cc(-c5ccccc5)c21)-n1c2ccc(C(C)(C)C)cc2c2cc(C(C)(C)C)cc(c21)B43. The van der Waals surface area contributed by atoms with Gasteiger partial charge < -0.3 is 4.57 Å². The summed E-state index contributed by atoms with van der Waals surface area (Å²) in [5.74, 6) is 0. The van der Waals surface area contributed by atoms with Gasteiger partial charge in [-0.1, -0.05) is 126 Å². The van der Waals surface area contributed by atoms with Crippen LogP contribution in [0.5, 0.6) is 0 Å². The predicted molar refractivity (Wildman–Crippen MR) is 232 cm³/mol. The lowest BCUT2D eigenvalue weighted by Crippen LogP contribution is -2.58. The zero-order valence-corrected chi connectivity index (χ0v) is 31.9. The highest BCUT2D eigenvalue weighted by Gasteiger charge is 2.43. The molecule has 0 unspecified atom stereocenters. The standard InChI is InChI=1S/C50H40BN3/c1-27-14-13-19-33-41(27)48-52-38-22-29-17-11-12-18-32(29)43-46(38)54(48)47-42(33)34(28-15-9-8-10-16-28)26-40-44(47)51(43)37-25-31(50(5,6)7)24-36-35-23-30(49(2,3)4)20-21-39(35)53(40)45(36)37/h8-26H,1-7H3. The molecule has 5 heterocycles. The molecule has 4 heteroatoms. The summed E-state index contributed by atoms with van der Waals surface area (Å²) in [4.78, 5) is 5.60. The van der Waals surface area contributed by atoms with Crippen molar-refractivity contribution >= 4 is 94.0 Å². The second kappa shape index (κ2) is 9.81. The minimum Gasteiger partial charge on any atom is -0.310 e. The van der Waals surface area contributed by atoms with Crippen LogP contribution in [0.1, 0.15) is 58.2 Å². The van der Waals surface area contributed by atoms with Crippen molar-refractivity contribution in [1.29, 1.82) is 0 Å². The fourth-order valence-corrected chi connectivity index (χ4v) is 10.3. The van der Waals surface area contributed by atoms with Gasteiger partial charge in [-0.2, -0.15) is 0 Å². The molecule has 0 bridgehead atoms. The van der Waals surface area contributed by atoms with Crippen molar-refractivity contribution < 1.29 is 0 Å². The molecule has 0 aliphatic carbocycles. The fraction of sp³-hybridized carbons (Fsp3) is 0.180. The first-order chi connectivity index (χ1) is 26.0. The molecule has 0 N–H and O–H groups in total. The van der Waals surface area contributed by atoms with Crippen LogP contribution in [0.3, 0.4) is 0 Å². The third kappa shape index (κ3) is 3.67. The van der Waals surface area contributed by atoms with Crippen molar-refractivity contribution in [3.8, 4) is 16.8 Å². The van der Waals surface area contributed by atoms with Gasteiger partial charge in [0.2, 0.25) is 0 Å². The van der Waals surface area contributed by atoms with E-state index in [2.05, 4.69) is 173 Å². The average Bonchev–Trinajstić information content (AvgIpc) is 3.70. The Bertz CT molecular complexity index is 3350. The first kappa shape index (κ1) is 30.6. The van der Waals surface area contributed by atoms with E-state index in [9.17, 15) is 0 Å². The van der Waals surface area contributed by atoms with Gasteiger partial charge in [0.05, 0.1) is 22.1 Å². The number of benzene rings is 7. The molecule has 2 aliphatic rings. The van der Waals surface area contributed by atoms with Crippen LogP contribution in [0.4, 0.5) is 0 Å². The van der Waals surface area contributed by atoms with E-state index in [0.29, 0.717) is 0 Å². The molecule has 0 fully saturated rings. The van der Waals surface area contributed by atoms with Gasteiger partial charge in [0.15, 0.2) is 0 Å². The summed E-state index contributed by atoms with van der Waals surface area (Å²) in [6, 6.07) is 44.1. The van der Waals surface area contributed by atoms with E-state index in [1.165, 1.54) is 110 Å². The summed E-state index contributed by atoms with van der Waals surface area (Å²) in [5.41, 5.74) is 19.2. The predicted octanol–water partition coefficient (Wildman–Crippen LogP) is 10.8. The fourth-order valence-electron chi connectivity index (χ4n) is 10.3. The van der Waals surface area contributed by atoms with Gasteiger partial charge in [0, 0.05) is 32.7 Å². The topological polar surface area (TPSA) is 22.2 Å². The number of fused-ring (bicyclic) bond motifs is 11. The van der Waals surface area contributed by atoms with E-state index in [0.717, 1.165) is 11.2 Å². The first-order valence-electron chi connectivity index (χ1n) is 19.4. The van der Waals surface area contributed by atoms with E-state index in [-0.39, 0.29) is 17.5 Å². The normalized spacial score (nSPS) is 13.8. The Hall–Kier alpha value is -5.87. The molecule has 0 radical (unpaired) electrons. The van der Waals surface area contributed by atoms with E-state index < -0.39 is 0 Å². The summed E-state index contributed by atoms with van der Waals surface area (Å²) in [6.45, 7) is 16.4. The number of rotatable bonds is 1. The first-order valence-corrected chi connectivity index (χ1v) is 19.4. The van der Waals surface area contributed by atoms with Crippen LogP contribution in [0.15, 0.2) is 115 Å². The van der Waals surface area contributed by atoms with Crippen LogP contribution in [-0.2, 0) is 10.8 Å². The van der Waals surface area contributed by atoms with Crippen LogP contribution in [0, 0.1) is 6.92 Å². The number of imidazole rings is 1. The third-order valence-electron chi connectivity index (χ3n) is 12.8. The summed E-state index contributed by atoms with van der Waals surface area (Å²) in [6.07, 6.45) is 0. The second-order valence-corrected chi connectivity index (χ2v) is 18.1. The molecule has 3 aromatic heterocycles. The van der Waals surface area contributed by atoms with Gasteiger partial charge in [0.1, 0.15) is 5.65 Å². The van der Waals surface area contributed by atoms with Crippen LogP contribution in [0.25, 0.3) is 87.7 Å². The van der Waals surface area contributed by atoms with Gasteiger partial charge in [-0.05, 0) is 108 Å². The van der Waals surface area contributed by atoms with E-state index >= 15 is 0 Å². The molecule has 0 saturated carbocycles. The minimum absolute atomic E-state index is 0.0271. The number of pyridine rings is 1. The summed E-state index contributed by atoms with van der Waals surface area (Å²) in [7, 11) is 0. The summed E-state index contributed by atoms with van der Waals surface area (Å²) in [5, 5.41) is 9.06. The van der Waals surface area contributed by atoms with Crippen LogP contribution in [0.2, 0.25) is 0 Å². The Balaban J connectivity index is 1.42. The molecular weight excluding hydrogens is 653 g/mol. The summed E-state index contributed by atoms with van der Waals surface area (Å²) < 4.78 is 5.20. The second-order valence-electron chi connectivity index (χ2n) is 18.1. The molecule has 54 heavy (non-hydrogen) atoms. The number of nitrogens with zero attached hydrogens (tertiary/aromatic N) is 3. The Kier molecular flexibility index (Phi) is 5.55. The molecule has 0 atom stereocenters. The molecule has 0 spiro atoms. The van der Waals surface area contributed by atoms with Crippen LogP contribution < -0.4 is 16.4 Å². The van der Waals surface area contributed by atoms with Crippen molar-refractivity contribution in [1.82, 2.24) is 14.0 Å². The van der Waals surface area contributed by atoms with E-state index in [1.54, 1.807) is 0 Å². The Morgan fingerprint density at radius 1 is 0.574 bits per heavy atom. The van der Waals surface area contributed by atoms with Crippen molar-refractivity contribution in [2.24, 2.45) is 0 Å². The maximum Gasteiger partial charge on any atom is 0.253 e. The van der Waals surface area contributed by atoms with Crippen molar-refractivity contribution in [3.63, 3.8) is 0 Å². The maximum absolute atomic E-state index is 5.60. The maximum atomic E-state index is 5.60. The largest absolute Gasteiger partial charge is 0.310 e. The smallest absolute Gasteiger partial charge is 0.253 e. The summed E-state index contributed by atoms with van der Waals surface area (Å²) >= 11 is 0. The highest BCUT2D eigenvalue weighted by Crippen LogP contribution is 2.45. The highest BCUT2D eigenvalue weighted by atomic mass is 15.0. The molecule has 0 amide bonds. The molecule has 7 aromatic carbocycles. The lowest BCUT2D eigenvalue weighted by molar-refractivity contribution is 0.590. The molecule has 2 aliphatic heterocycles. The van der Waals surface area contributed by atoms with Gasteiger partial charge in [-0.15, -0.1) is 0 Å². The van der Waals surface area contributed by atoms with Gasteiger partial charge in [0.25, 0.3) is 6.71 Å². The number of hydrogen-bond acceptors (Lipinski definition) is 1. The number of aryl methyl sites for hydroxylation is 1. The van der Waals surface area contributed by atoms with Crippen molar-refractivity contribution in [2.75, 3.05) is 0 Å². The zero-order valence-electron chi connectivity index (χ0n) is 31.9. The monoisotopic (exact) mass is 693 g/mol. The van der Waals surface area contributed by atoms with Crippen LogP contribution in [-0.4, -0.2) is 20.7 Å². The van der Waals surface area contributed by atoms with E-state index in [1.807, 2.05) is 0 Å². The Morgan fingerprint density at radius 2 is 1.31 bits per heavy atom. The molecule has 10 aromatic rings. The number of hydrogen-bond donors (Lipinski definition) is 0. The Morgan fingerprint density at radius 3 is 2.11 bits per heavy atom. The third-order valence-corrected chi connectivity index (χ3v) is 12.8. The lowest BCUT2D eigenvalue weighted by atomic mass is 9.33. The molecule has 0 saturated heterocycles. The van der Waals surface area contributed by atoms with Crippen LogP contribution >= 0.6 is 0 Å². The van der Waals surface area contributed by atoms with Gasteiger partial charge >= 0.3 is 0 Å². The van der Waals surface area contributed by atoms with Crippen molar-refractivity contribution in [3.05, 3.63) is 132 Å². The average molecular weight is 694 g/mol. The van der Waals surface area contributed by atoms with Gasteiger partial charge in [-0.25, -0.2) is 4.98 Å². The molecule has 12 rings (SSSR count). The Labute approximate surface area is 314 Å². The highest BCUT2D eigenvalue weighted by molar-refractivity contribution is 7.02. The lowest BCUT2D eigenvalue weighted by Gasteiger charge is -2.34. The minimum atomic E-state index is -0.0359. The van der Waals surface area contributed by atoms with Gasteiger partial charge in [-0.3, -0.25) is 4.40 Å². The zero-order chi connectivity index (χ0) is 36.6. The van der Waals surface area contributed by atoms with E-state index in [4.69, 9.17) is 4.98 Å². The molecule has 258 valence electrons. The van der Waals surface area contributed by atoms with Crippen molar-refractivity contribution in [2.45, 2.75) is 59.3 Å². The quantitative estimate of drug-likeness (QED) is 0.124. The molecule has 3 nitrogen and oxygen atoms in total.